The predicted octanol–water partition coefficient (Wildman–Crippen LogP) is 3.67. The van der Waals surface area contributed by atoms with E-state index in [0.717, 1.165) is 18.2 Å². The van der Waals surface area contributed by atoms with E-state index in [1.165, 1.54) is 18.2 Å². The molecule has 1 unspecified atom stereocenters. The third-order valence-corrected chi connectivity index (χ3v) is 3.99. The van der Waals surface area contributed by atoms with Gasteiger partial charge in [0.1, 0.15) is 5.82 Å². The highest BCUT2D eigenvalue weighted by Crippen LogP contribution is 2.25. The first-order chi connectivity index (χ1) is 10.6. The molecule has 23 heavy (non-hydrogen) atoms. The normalized spacial score (nSPS) is 18.5. The molecule has 2 aromatic rings. The van der Waals surface area contributed by atoms with Gasteiger partial charge in [-0.2, -0.15) is 0 Å². The van der Waals surface area contributed by atoms with Gasteiger partial charge in [-0.05, 0) is 23.8 Å². The van der Waals surface area contributed by atoms with E-state index < -0.39 is 11.6 Å². The van der Waals surface area contributed by atoms with Crippen LogP contribution in [-0.4, -0.2) is 24.5 Å². The Morgan fingerprint density at radius 3 is 2.65 bits per heavy atom. The summed E-state index contributed by atoms with van der Waals surface area (Å²) in [6, 6.07) is 10.6. The molecule has 0 saturated carbocycles. The Bertz CT molecular complexity index is 666. The van der Waals surface area contributed by atoms with Crippen molar-refractivity contribution in [1.82, 2.24) is 10.2 Å². The first-order valence-corrected chi connectivity index (χ1v) is 7.28. The smallest absolute Gasteiger partial charge is 0.163 e. The van der Waals surface area contributed by atoms with Crippen molar-refractivity contribution in [1.29, 1.82) is 0 Å². The maximum atomic E-state index is 13.9. The molecule has 0 aliphatic carbocycles. The van der Waals surface area contributed by atoms with Crippen LogP contribution in [0.25, 0.3) is 0 Å². The van der Waals surface area contributed by atoms with Crippen LogP contribution in [-0.2, 0) is 6.54 Å². The molecule has 0 spiro atoms. The minimum Gasteiger partial charge on any atom is -0.314 e. The van der Waals surface area contributed by atoms with Crippen LogP contribution in [0, 0.1) is 17.5 Å². The van der Waals surface area contributed by atoms with Gasteiger partial charge in [0, 0.05) is 37.8 Å². The quantitative estimate of drug-likeness (QED) is 0.915. The molecule has 1 fully saturated rings. The first kappa shape index (κ1) is 17.8. The van der Waals surface area contributed by atoms with Crippen molar-refractivity contribution in [3.8, 4) is 0 Å². The molecule has 0 amide bonds. The lowest BCUT2D eigenvalue weighted by atomic mass is 10.0. The fourth-order valence-corrected chi connectivity index (χ4v) is 2.87. The molecule has 1 atom stereocenters. The molecular weight excluding hydrogens is 325 g/mol. The summed E-state index contributed by atoms with van der Waals surface area (Å²) >= 11 is 0. The second kappa shape index (κ2) is 7.81. The topological polar surface area (TPSA) is 15.3 Å². The van der Waals surface area contributed by atoms with Gasteiger partial charge in [0.15, 0.2) is 11.6 Å². The highest BCUT2D eigenvalue weighted by Gasteiger charge is 2.25. The van der Waals surface area contributed by atoms with E-state index in [1.807, 2.05) is 11.0 Å². The zero-order valence-corrected chi connectivity index (χ0v) is 13.3. The maximum absolute atomic E-state index is 13.9. The number of piperazine rings is 1. The molecule has 3 rings (SSSR count). The van der Waals surface area contributed by atoms with Crippen molar-refractivity contribution in [3.63, 3.8) is 0 Å². The molecule has 1 saturated heterocycles. The number of hydrogen-bond donors (Lipinski definition) is 1. The predicted molar refractivity (Wildman–Crippen MR) is 86.0 cm³/mol. The largest absolute Gasteiger partial charge is 0.314 e. The van der Waals surface area contributed by atoms with Crippen LogP contribution in [0.5, 0.6) is 0 Å². The van der Waals surface area contributed by atoms with Gasteiger partial charge in [0.2, 0.25) is 0 Å². The summed E-state index contributed by atoms with van der Waals surface area (Å²) in [7, 11) is 0. The average Bonchev–Trinajstić information content (AvgIpc) is 2.52. The molecule has 2 nitrogen and oxygen atoms in total. The summed E-state index contributed by atoms with van der Waals surface area (Å²) < 4.78 is 40.7. The van der Waals surface area contributed by atoms with E-state index in [1.54, 1.807) is 12.1 Å². The van der Waals surface area contributed by atoms with Crippen molar-refractivity contribution >= 4 is 12.4 Å². The summed E-state index contributed by atoms with van der Waals surface area (Å²) in [6.07, 6.45) is 0. The molecule has 1 aliphatic rings. The highest BCUT2D eigenvalue weighted by atomic mass is 35.5. The lowest BCUT2D eigenvalue weighted by Gasteiger charge is -2.36. The van der Waals surface area contributed by atoms with Crippen molar-refractivity contribution in [2.45, 2.75) is 12.6 Å². The van der Waals surface area contributed by atoms with Crippen molar-refractivity contribution in [2.24, 2.45) is 0 Å². The lowest BCUT2D eigenvalue weighted by molar-refractivity contribution is 0.151. The fourth-order valence-electron chi connectivity index (χ4n) is 2.87. The fraction of sp³-hybridized carbons (Fsp3) is 0.294. The molecule has 1 aliphatic heterocycles. The Hall–Kier alpha value is -1.56. The highest BCUT2D eigenvalue weighted by molar-refractivity contribution is 5.85. The summed E-state index contributed by atoms with van der Waals surface area (Å²) in [6.45, 7) is 2.41. The first-order valence-electron chi connectivity index (χ1n) is 7.28. The molecule has 6 heteroatoms. The number of nitrogens with one attached hydrogen (secondary N) is 1. The van der Waals surface area contributed by atoms with Gasteiger partial charge >= 0.3 is 0 Å². The zero-order chi connectivity index (χ0) is 15.5. The monoisotopic (exact) mass is 342 g/mol. The Morgan fingerprint density at radius 1 is 1.09 bits per heavy atom. The maximum Gasteiger partial charge on any atom is 0.163 e. The van der Waals surface area contributed by atoms with Gasteiger partial charge in [-0.1, -0.05) is 24.3 Å². The molecular formula is C17H18ClF3N2. The Morgan fingerprint density at radius 2 is 1.87 bits per heavy atom. The molecule has 1 N–H and O–H groups in total. The van der Waals surface area contributed by atoms with Crippen molar-refractivity contribution in [2.75, 3.05) is 19.6 Å². The van der Waals surface area contributed by atoms with Gasteiger partial charge in [0.05, 0.1) is 0 Å². The van der Waals surface area contributed by atoms with Crippen LogP contribution in [0.1, 0.15) is 17.2 Å². The Labute approximate surface area is 139 Å². The van der Waals surface area contributed by atoms with E-state index >= 15 is 0 Å². The minimum atomic E-state index is -0.838. The second-order valence-corrected chi connectivity index (χ2v) is 5.46. The Balaban J connectivity index is 0.00000192. The second-order valence-electron chi connectivity index (χ2n) is 5.46. The molecule has 0 radical (unpaired) electrons. The number of halogens is 4. The SMILES string of the molecule is Cl.Fc1cccc(C2CNCCN2Cc2cccc(F)c2F)c1. The van der Waals surface area contributed by atoms with Crippen molar-refractivity contribution < 1.29 is 13.2 Å². The van der Waals surface area contributed by atoms with Crippen LogP contribution in [0.15, 0.2) is 42.5 Å². The van der Waals surface area contributed by atoms with Gasteiger partial charge in [-0.25, -0.2) is 13.2 Å². The summed E-state index contributed by atoms with van der Waals surface area (Å²) in [5.74, 6) is -1.94. The number of nitrogens with zero attached hydrogens (tertiary/aromatic N) is 1. The average molecular weight is 343 g/mol. The molecule has 124 valence electrons. The minimum absolute atomic E-state index is 0. The molecule has 0 aromatic heterocycles. The van der Waals surface area contributed by atoms with Crippen molar-refractivity contribution in [3.05, 3.63) is 71.0 Å². The van der Waals surface area contributed by atoms with Crippen LogP contribution < -0.4 is 5.32 Å². The molecule has 1 heterocycles. The molecule has 2 aromatic carbocycles. The van der Waals surface area contributed by atoms with Crippen LogP contribution >= 0.6 is 12.4 Å². The number of benzene rings is 2. The summed E-state index contributed by atoms with van der Waals surface area (Å²) in [4.78, 5) is 2.04. The number of rotatable bonds is 3. The van der Waals surface area contributed by atoms with Crippen LogP contribution in [0.2, 0.25) is 0 Å². The van der Waals surface area contributed by atoms with E-state index in [4.69, 9.17) is 0 Å². The van der Waals surface area contributed by atoms with Crippen LogP contribution in [0.4, 0.5) is 13.2 Å². The summed E-state index contributed by atoms with van der Waals surface area (Å²) in [5.41, 5.74) is 1.16. The van der Waals surface area contributed by atoms with E-state index in [0.29, 0.717) is 25.2 Å². The van der Waals surface area contributed by atoms with Gasteiger partial charge in [-0.3, -0.25) is 4.90 Å². The van der Waals surface area contributed by atoms with Crippen LogP contribution in [0.3, 0.4) is 0 Å². The van der Waals surface area contributed by atoms with E-state index in [-0.39, 0.29) is 24.3 Å². The molecule has 0 bridgehead atoms. The number of hydrogen-bond acceptors (Lipinski definition) is 2. The van der Waals surface area contributed by atoms with E-state index in [2.05, 4.69) is 5.32 Å². The standard InChI is InChI=1S/C17H17F3N2.ClH/c18-14-5-1-3-12(9-14)16-10-21-7-8-22(16)11-13-4-2-6-15(19)17(13)20;/h1-6,9,16,21H,7-8,10-11H2;1H. The Kier molecular flexibility index (Phi) is 6.04. The lowest BCUT2D eigenvalue weighted by Crippen LogP contribution is -2.45. The van der Waals surface area contributed by atoms with E-state index in [9.17, 15) is 13.2 Å². The third kappa shape index (κ3) is 4.05. The van der Waals surface area contributed by atoms with Gasteiger partial charge in [0.25, 0.3) is 0 Å². The van der Waals surface area contributed by atoms with Gasteiger partial charge < -0.3 is 5.32 Å². The zero-order valence-electron chi connectivity index (χ0n) is 12.4. The van der Waals surface area contributed by atoms with Gasteiger partial charge in [-0.15, -0.1) is 12.4 Å². The summed E-state index contributed by atoms with van der Waals surface area (Å²) in [5, 5.41) is 3.26. The third-order valence-electron chi connectivity index (χ3n) is 3.99.